The standard InChI is InChI=1S/C14H23N3O3/c1-9(2)6-7-14(3)12(19)17(13(20)16-14)8-11(18)15-10-4-5-10/h9-10H,4-8H2,1-3H3,(H,15,18)(H,16,20)/t14-/m1/s1. The summed E-state index contributed by atoms with van der Waals surface area (Å²) in [4.78, 5) is 37.0. The topological polar surface area (TPSA) is 78.5 Å². The Bertz CT molecular complexity index is 431. The number of urea groups is 1. The van der Waals surface area contributed by atoms with Crippen LogP contribution in [0, 0.1) is 5.92 Å². The number of carbonyl (C=O) groups excluding carboxylic acids is 3. The van der Waals surface area contributed by atoms with Crippen molar-refractivity contribution in [3.63, 3.8) is 0 Å². The van der Waals surface area contributed by atoms with Crippen LogP contribution >= 0.6 is 0 Å². The monoisotopic (exact) mass is 281 g/mol. The van der Waals surface area contributed by atoms with E-state index < -0.39 is 11.6 Å². The molecule has 1 aliphatic carbocycles. The van der Waals surface area contributed by atoms with E-state index in [1.165, 1.54) is 0 Å². The fourth-order valence-electron chi connectivity index (χ4n) is 2.28. The summed E-state index contributed by atoms with van der Waals surface area (Å²) in [5.41, 5.74) is -0.874. The van der Waals surface area contributed by atoms with Gasteiger partial charge in [0.1, 0.15) is 12.1 Å². The second-order valence-electron chi connectivity index (χ2n) is 6.43. The third kappa shape index (κ3) is 3.29. The quantitative estimate of drug-likeness (QED) is 0.713. The van der Waals surface area contributed by atoms with Gasteiger partial charge < -0.3 is 10.6 Å². The summed E-state index contributed by atoms with van der Waals surface area (Å²) >= 11 is 0. The minimum absolute atomic E-state index is 0.182. The van der Waals surface area contributed by atoms with Gasteiger partial charge in [0.05, 0.1) is 0 Å². The van der Waals surface area contributed by atoms with Gasteiger partial charge in [0, 0.05) is 6.04 Å². The van der Waals surface area contributed by atoms with Crippen LogP contribution in [-0.2, 0) is 9.59 Å². The molecule has 0 radical (unpaired) electrons. The molecular formula is C14H23N3O3. The van der Waals surface area contributed by atoms with Crippen molar-refractivity contribution in [3.05, 3.63) is 0 Å². The lowest BCUT2D eigenvalue weighted by atomic mass is 9.92. The van der Waals surface area contributed by atoms with E-state index >= 15 is 0 Å². The SMILES string of the molecule is CC(C)CC[C@@]1(C)NC(=O)N(CC(=O)NC2CC2)C1=O. The van der Waals surface area contributed by atoms with Gasteiger partial charge in [-0.1, -0.05) is 13.8 Å². The number of nitrogens with zero attached hydrogens (tertiary/aromatic N) is 1. The molecule has 0 aromatic heterocycles. The second-order valence-corrected chi connectivity index (χ2v) is 6.43. The van der Waals surface area contributed by atoms with Crippen molar-refractivity contribution in [2.45, 2.75) is 58.0 Å². The Balaban J connectivity index is 1.94. The average molecular weight is 281 g/mol. The fraction of sp³-hybridized carbons (Fsp3) is 0.786. The van der Waals surface area contributed by atoms with Crippen LogP contribution in [0.15, 0.2) is 0 Å². The predicted octanol–water partition coefficient (Wildman–Crippen LogP) is 1.01. The summed E-state index contributed by atoms with van der Waals surface area (Å²) in [5, 5.41) is 5.50. The predicted molar refractivity (Wildman–Crippen MR) is 73.9 cm³/mol. The molecule has 0 spiro atoms. The molecule has 0 unspecified atom stereocenters. The minimum Gasteiger partial charge on any atom is -0.352 e. The summed E-state index contributed by atoms with van der Waals surface area (Å²) in [6.45, 7) is 5.70. The third-order valence-corrected chi connectivity index (χ3v) is 3.81. The molecule has 1 atom stereocenters. The van der Waals surface area contributed by atoms with Crippen LogP contribution < -0.4 is 10.6 Å². The van der Waals surface area contributed by atoms with Crippen molar-refractivity contribution in [2.24, 2.45) is 5.92 Å². The Kier molecular flexibility index (Phi) is 4.01. The van der Waals surface area contributed by atoms with E-state index in [9.17, 15) is 14.4 Å². The van der Waals surface area contributed by atoms with Crippen molar-refractivity contribution in [1.82, 2.24) is 15.5 Å². The smallest absolute Gasteiger partial charge is 0.325 e. The van der Waals surface area contributed by atoms with E-state index in [0.29, 0.717) is 12.3 Å². The zero-order valence-electron chi connectivity index (χ0n) is 12.4. The molecule has 0 aromatic carbocycles. The molecule has 2 fully saturated rings. The molecule has 6 heteroatoms. The van der Waals surface area contributed by atoms with E-state index in [0.717, 1.165) is 24.2 Å². The first-order valence-corrected chi connectivity index (χ1v) is 7.25. The van der Waals surface area contributed by atoms with Crippen molar-refractivity contribution in [3.8, 4) is 0 Å². The lowest BCUT2D eigenvalue weighted by molar-refractivity contribution is -0.134. The highest BCUT2D eigenvalue weighted by Gasteiger charge is 2.48. The first-order valence-electron chi connectivity index (χ1n) is 7.25. The first kappa shape index (κ1) is 14.8. The van der Waals surface area contributed by atoms with Crippen LogP contribution in [0.2, 0.25) is 0 Å². The van der Waals surface area contributed by atoms with Gasteiger partial charge in [0.25, 0.3) is 5.91 Å². The third-order valence-electron chi connectivity index (χ3n) is 3.81. The average Bonchev–Trinajstić information content (AvgIpc) is 3.12. The molecule has 4 amide bonds. The zero-order chi connectivity index (χ0) is 14.9. The first-order chi connectivity index (χ1) is 9.32. The summed E-state index contributed by atoms with van der Waals surface area (Å²) in [6, 6.07) is -0.234. The lowest BCUT2D eigenvalue weighted by Crippen LogP contribution is -2.45. The van der Waals surface area contributed by atoms with Crippen molar-refractivity contribution < 1.29 is 14.4 Å². The van der Waals surface area contributed by atoms with Crippen LogP contribution in [0.5, 0.6) is 0 Å². The molecule has 1 heterocycles. The van der Waals surface area contributed by atoms with E-state index in [-0.39, 0.29) is 24.4 Å². The molecule has 1 saturated heterocycles. The van der Waals surface area contributed by atoms with Crippen LogP contribution in [0.25, 0.3) is 0 Å². The van der Waals surface area contributed by atoms with Gasteiger partial charge in [-0.05, 0) is 38.5 Å². The van der Waals surface area contributed by atoms with Gasteiger partial charge in [0.2, 0.25) is 5.91 Å². The molecule has 0 aromatic rings. The summed E-state index contributed by atoms with van der Waals surface area (Å²) in [5.74, 6) is -0.0954. The molecule has 1 aliphatic heterocycles. The maximum absolute atomic E-state index is 12.3. The van der Waals surface area contributed by atoms with Crippen LogP contribution in [0.1, 0.15) is 46.5 Å². The largest absolute Gasteiger partial charge is 0.352 e. The molecule has 1 saturated carbocycles. The number of amides is 4. The molecule has 20 heavy (non-hydrogen) atoms. The maximum atomic E-state index is 12.3. The number of imide groups is 1. The highest BCUT2D eigenvalue weighted by Crippen LogP contribution is 2.25. The van der Waals surface area contributed by atoms with Gasteiger partial charge in [-0.2, -0.15) is 0 Å². The number of nitrogens with one attached hydrogen (secondary N) is 2. The van der Waals surface area contributed by atoms with E-state index in [1.54, 1.807) is 6.92 Å². The molecule has 0 bridgehead atoms. The van der Waals surface area contributed by atoms with Crippen molar-refractivity contribution in [1.29, 1.82) is 0 Å². The van der Waals surface area contributed by atoms with Crippen molar-refractivity contribution >= 4 is 17.8 Å². The van der Waals surface area contributed by atoms with E-state index in [4.69, 9.17) is 0 Å². The normalized spacial score (nSPS) is 26.1. The number of hydrogen-bond acceptors (Lipinski definition) is 3. The van der Waals surface area contributed by atoms with Crippen LogP contribution in [0.3, 0.4) is 0 Å². The Morgan fingerprint density at radius 1 is 1.45 bits per heavy atom. The molecule has 6 nitrogen and oxygen atoms in total. The summed E-state index contributed by atoms with van der Waals surface area (Å²) in [6.07, 6.45) is 3.41. The summed E-state index contributed by atoms with van der Waals surface area (Å²) in [7, 11) is 0. The number of rotatable bonds is 6. The number of carbonyl (C=O) groups is 3. The van der Waals surface area contributed by atoms with Gasteiger partial charge in [-0.25, -0.2) is 4.79 Å². The highest BCUT2D eigenvalue weighted by molar-refractivity contribution is 6.08. The van der Waals surface area contributed by atoms with Gasteiger partial charge in [-0.3, -0.25) is 14.5 Å². The molecule has 2 rings (SSSR count). The molecular weight excluding hydrogens is 258 g/mol. The Hall–Kier alpha value is -1.59. The molecule has 2 aliphatic rings. The van der Waals surface area contributed by atoms with E-state index in [2.05, 4.69) is 24.5 Å². The number of hydrogen-bond donors (Lipinski definition) is 2. The summed E-state index contributed by atoms with van der Waals surface area (Å²) < 4.78 is 0. The fourth-order valence-corrected chi connectivity index (χ4v) is 2.28. The van der Waals surface area contributed by atoms with Crippen LogP contribution in [-0.4, -0.2) is 40.9 Å². The Morgan fingerprint density at radius 2 is 2.10 bits per heavy atom. The Labute approximate surface area is 119 Å². The van der Waals surface area contributed by atoms with Gasteiger partial charge in [-0.15, -0.1) is 0 Å². The van der Waals surface area contributed by atoms with E-state index in [1.807, 2.05) is 0 Å². The minimum atomic E-state index is -0.874. The maximum Gasteiger partial charge on any atom is 0.325 e. The Morgan fingerprint density at radius 3 is 2.65 bits per heavy atom. The zero-order valence-corrected chi connectivity index (χ0v) is 12.4. The molecule has 2 N–H and O–H groups in total. The second kappa shape index (κ2) is 5.42. The lowest BCUT2D eigenvalue weighted by Gasteiger charge is -2.22. The molecule has 112 valence electrons. The van der Waals surface area contributed by atoms with Gasteiger partial charge >= 0.3 is 6.03 Å². The highest BCUT2D eigenvalue weighted by atomic mass is 16.2. The van der Waals surface area contributed by atoms with Crippen LogP contribution in [0.4, 0.5) is 4.79 Å². The van der Waals surface area contributed by atoms with Gasteiger partial charge in [0.15, 0.2) is 0 Å². The van der Waals surface area contributed by atoms with Crippen molar-refractivity contribution in [2.75, 3.05) is 6.54 Å².